The number of para-hydroxylation sites is 1. The van der Waals surface area contributed by atoms with Crippen LogP contribution in [0.3, 0.4) is 0 Å². The van der Waals surface area contributed by atoms with Crippen LogP contribution in [-0.4, -0.2) is 43.1 Å². The van der Waals surface area contributed by atoms with E-state index >= 15 is 0 Å². The normalized spacial score (nSPS) is 19.3. The Hall–Kier alpha value is -3.10. The Morgan fingerprint density at radius 3 is 2.76 bits per heavy atom. The minimum absolute atomic E-state index is 0.00952. The Bertz CT molecular complexity index is 1200. The molecule has 0 bridgehead atoms. The molecule has 1 saturated heterocycles. The van der Waals surface area contributed by atoms with Crippen LogP contribution < -0.4 is 15.1 Å². The largest absolute Gasteiger partial charge is 0.366 e. The van der Waals surface area contributed by atoms with Crippen LogP contribution in [0.5, 0.6) is 0 Å². The third-order valence-electron chi connectivity index (χ3n) is 6.69. The first-order valence-corrected chi connectivity index (χ1v) is 12.6. The lowest BCUT2D eigenvalue weighted by Gasteiger charge is -2.49. The molecule has 0 spiro atoms. The van der Waals surface area contributed by atoms with Gasteiger partial charge in [-0.3, -0.25) is 14.9 Å². The van der Waals surface area contributed by atoms with E-state index in [0.717, 1.165) is 29.9 Å². The van der Waals surface area contributed by atoms with Crippen LogP contribution in [0.25, 0.3) is 0 Å². The fraction of sp³-hybridized carbons (Fsp3) is 0.320. The van der Waals surface area contributed by atoms with Gasteiger partial charge in [0.25, 0.3) is 5.69 Å². The lowest BCUT2D eigenvalue weighted by atomic mass is 9.83. The molecule has 1 aromatic heterocycles. The minimum Gasteiger partial charge on any atom is -0.366 e. The molecular formula is C25H25ClN4O3S. The summed E-state index contributed by atoms with van der Waals surface area (Å²) in [6, 6.07) is 16.8. The molecule has 2 aliphatic heterocycles. The van der Waals surface area contributed by atoms with Crippen LogP contribution in [0.1, 0.15) is 10.4 Å². The molecule has 3 aromatic rings. The Kier molecular flexibility index (Phi) is 6.43. The number of halogens is 1. The molecule has 1 N–H and O–H groups in total. The second kappa shape index (κ2) is 9.64. The number of carbonyl (C=O) groups excluding carboxylic acids is 1. The molecule has 9 heteroatoms. The maximum Gasteiger partial charge on any atom is 0.269 e. The summed E-state index contributed by atoms with van der Waals surface area (Å²) in [7, 11) is 0. The predicted molar refractivity (Wildman–Crippen MR) is 136 cm³/mol. The molecule has 5 rings (SSSR count). The number of non-ortho nitro benzene ring substituents is 1. The van der Waals surface area contributed by atoms with Crippen molar-refractivity contribution in [2.45, 2.75) is 18.9 Å². The Labute approximate surface area is 207 Å². The molecule has 1 amide bonds. The molecule has 34 heavy (non-hydrogen) atoms. The van der Waals surface area contributed by atoms with E-state index in [2.05, 4.69) is 21.2 Å². The van der Waals surface area contributed by atoms with Crippen LogP contribution in [-0.2, 0) is 17.6 Å². The Morgan fingerprint density at radius 2 is 2.00 bits per heavy atom. The summed E-state index contributed by atoms with van der Waals surface area (Å²) < 4.78 is 0. The molecule has 7 nitrogen and oxygen atoms in total. The molecule has 2 aromatic carbocycles. The molecule has 0 aliphatic carbocycles. The minimum atomic E-state index is -0.377. The first-order valence-electron chi connectivity index (χ1n) is 11.3. The van der Waals surface area contributed by atoms with E-state index in [-0.39, 0.29) is 28.5 Å². The third-order valence-corrected chi connectivity index (χ3v) is 7.94. The van der Waals surface area contributed by atoms with Gasteiger partial charge in [0.15, 0.2) is 0 Å². The number of nitro benzene ring substituents is 1. The summed E-state index contributed by atoms with van der Waals surface area (Å²) in [6.07, 6.45) is 1.26. The average Bonchev–Trinajstić information content (AvgIpc) is 3.36. The van der Waals surface area contributed by atoms with Gasteiger partial charge < -0.3 is 15.1 Å². The first kappa shape index (κ1) is 22.7. The van der Waals surface area contributed by atoms with Crippen molar-refractivity contribution in [2.24, 2.45) is 5.92 Å². The highest BCUT2D eigenvalue weighted by atomic mass is 35.5. The van der Waals surface area contributed by atoms with Gasteiger partial charge in [-0.1, -0.05) is 29.8 Å². The van der Waals surface area contributed by atoms with Gasteiger partial charge in [-0.25, -0.2) is 0 Å². The maximum absolute atomic E-state index is 13.4. The van der Waals surface area contributed by atoms with Crippen molar-refractivity contribution in [3.05, 3.63) is 85.6 Å². The van der Waals surface area contributed by atoms with Gasteiger partial charge in [-0.2, -0.15) is 0 Å². The highest BCUT2D eigenvalue weighted by molar-refractivity contribution is 7.09. The average molecular weight is 497 g/mol. The van der Waals surface area contributed by atoms with E-state index in [0.29, 0.717) is 31.1 Å². The first-order chi connectivity index (χ1) is 16.5. The summed E-state index contributed by atoms with van der Waals surface area (Å²) in [4.78, 5) is 30.1. The number of piperazine rings is 1. The van der Waals surface area contributed by atoms with Crippen LogP contribution in [0, 0.1) is 16.0 Å². The van der Waals surface area contributed by atoms with Crippen molar-refractivity contribution in [1.82, 2.24) is 5.32 Å². The van der Waals surface area contributed by atoms with Gasteiger partial charge in [0.2, 0.25) is 5.91 Å². The highest BCUT2D eigenvalue weighted by Gasteiger charge is 2.42. The van der Waals surface area contributed by atoms with Gasteiger partial charge in [-0.05, 0) is 48.1 Å². The number of anilines is 2. The molecular weight excluding hydrogens is 472 g/mol. The van der Waals surface area contributed by atoms with Gasteiger partial charge in [0, 0.05) is 48.9 Å². The predicted octanol–water partition coefficient (Wildman–Crippen LogP) is 4.54. The number of thiophene rings is 1. The van der Waals surface area contributed by atoms with E-state index in [9.17, 15) is 14.9 Å². The number of hydrogen-bond donors (Lipinski definition) is 1. The Morgan fingerprint density at radius 1 is 1.15 bits per heavy atom. The second-order valence-corrected chi connectivity index (χ2v) is 10.1. The SMILES string of the molecule is O=C(NCCc1cccs1)[C@@H]1Cc2cc([N+](=O)[O-])ccc2N2CCN(c3ccccc3Cl)C[C@@H]12. The fourth-order valence-electron chi connectivity index (χ4n) is 5.04. The fourth-order valence-corrected chi connectivity index (χ4v) is 6.01. The number of nitro groups is 1. The third kappa shape index (κ3) is 4.48. The standard InChI is InChI=1S/C25H25ClN4O3S/c26-21-5-1-2-6-23(21)28-11-12-29-22-8-7-18(30(32)33)14-17(22)15-20(24(29)16-28)25(31)27-10-9-19-4-3-13-34-19/h1-8,13-14,20,24H,9-12,15-16H2,(H,27,31)/t20-,24+/m1/s1. The molecule has 0 radical (unpaired) electrons. The van der Waals surface area contributed by atoms with Gasteiger partial charge >= 0.3 is 0 Å². The molecule has 176 valence electrons. The summed E-state index contributed by atoms with van der Waals surface area (Å²) >= 11 is 8.16. The van der Waals surface area contributed by atoms with E-state index < -0.39 is 0 Å². The van der Waals surface area contributed by atoms with Crippen molar-refractivity contribution in [3.63, 3.8) is 0 Å². The van der Waals surface area contributed by atoms with E-state index in [4.69, 9.17) is 11.6 Å². The molecule has 2 atom stereocenters. The summed E-state index contributed by atoms with van der Waals surface area (Å²) in [5, 5.41) is 17.2. The van der Waals surface area contributed by atoms with Crippen LogP contribution >= 0.6 is 22.9 Å². The van der Waals surface area contributed by atoms with Crippen molar-refractivity contribution >= 4 is 45.9 Å². The number of nitrogens with one attached hydrogen (secondary N) is 1. The quantitative estimate of drug-likeness (QED) is 0.400. The smallest absolute Gasteiger partial charge is 0.269 e. The zero-order valence-electron chi connectivity index (χ0n) is 18.5. The highest BCUT2D eigenvalue weighted by Crippen LogP contribution is 2.39. The lowest BCUT2D eigenvalue weighted by molar-refractivity contribution is -0.384. The number of rotatable bonds is 6. The Balaban J connectivity index is 1.41. The van der Waals surface area contributed by atoms with Crippen molar-refractivity contribution in [3.8, 4) is 0 Å². The zero-order chi connectivity index (χ0) is 23.7. The number of benzene rings is 2. The van der Waals surface area contributed by atoms with Gasteiger partial charge in [0.05, 0.1) is 27.6 Å². The van der Waals surface area contributed by atoms with Gasteiger partial charge in [-0.15, -0.1) is 11.3 Å². The molecule has 0 saturated carbocycles. The van der Waals surface area contributed by atoms with Crippen molar-refractivity contribution in [2.75, 3.05) is 36.0 Å². The van der Waals surface area contributed by atoms with Crippen LogP contribution in [0.4, 0.5) is 17.1 Å². The molecule has 2 aliphatic rings. The molecule has 0 unspecified atom stereocenters. The molecule has 3 heterocycles. The monoisotopic (exact) mass is 496 g/mol. The topological polar surface area (TPSA) is 78.7 Å². The number of hydrogen-bond acceptors (Lipinski definition) is 6. The summed E-state index contributed by atoms with van der Waals surface area (Å²) in [6.45, 7) is 2.69. The van der Waals surface area contributed by atoms with Crippen LogP contribution in [0.2, 0.25) is 5.02 Å². The maximum atomic E-state index is 13.4. The summed E-state index contributed by atoms with van der Waals surface area (Å²) in [5.74, 6) is -0.326. The summed E-state index contributed by atoms with van der Waals surface area (Å²) in [5.41, 5.74) is 2.87. The van der Waals surface area contributed by atoms with E-state index in [1.54, 1.807) is 23.5 Å². The van der Waals surface area contributed by atoms with Crippen LogP contribution in [0.15, 0.2) is 60.0 Å². The van der Waals surface area contributed by atoms with Gasteiger partial charge in [0.1, 0.15) is 0 Å². The lowest BCUT2D eigenvalue weighted by Crippen LogP contribution is -2.61. The van der Waals surface area contributed by atoms with E-state index in [1.807, 2.05) is 41.8 Å². The number of fused-ring (bicyclic) bond motifs is 3. The zero-order valence-corrected chi connectivity index (χ0v) is 20.1. The second-order valence-electron chi connectivity index (χ2n) is 8.66. The number of carbonyl (C=O) groups is 1. The number of nitrogens with zero attached hydrogens (tertiary/aromatic N) is 3. The molecule has 1 fully saturated rings. The number of amides is 1. The van der Waals surface area contributed by atoms with E-state index in [1.165, 1.54) is 4.88 Å². The van der Waals surface area contributed by atoms with Crippen molar-refractivity contribution in [1.29, 1.82) is 0 Å². The van der Waals surface area contributed by atoms with Crippen molar-refractivity contribution < 1.29 is 9.72 Å².